The topological polar surface area (TPSA) is 47.3 Å². The van der Waals surface area contributed by atoms with Gasteiger partial charge in [-0.1, -0.05) is 18.2 Å². The monoisotopic (exact) mass is 208 g/mol. The van der Waals surface area contributed by atoms with E-state index in [2.05, 4.69) is 37.4 Å². The van der Waals surface area contributed by atoms with E-state index in [-0.39, 0.29) is 6.04 Å². The van der Waals surface area contributed by atoms with Gasteiger partial charge in [0.05, 0.1) is 12.6 Å². The molecule has 1 aromatic carbocycles. The second kappa shape index (κ2) is 5.73. The summed E-state index contributed by atoms with van der Waals surface area (Å²) in [6.07, 6.45) is 0. The molecule has 1 rings (SSSR count). The van der Waals surface area contributed by atoms with Crippen LogP contribution in [0.3, 0.4) is 0 Å². The third-order valence-corrected chi connectivity index (χ3v) is 2.48. The van der Waals surface area contributed by atoms with Gasteiger partial charge in [0.1, 0.15) is 0 Å². The summed E-state index contributed by atoms with van der Waals surface area (Å²) >= 11 is 0. The van der Waals surface area contributed by atoms with Gasteiger partial charge in [-0.05, 0) is 25.0 Å². The summed E-state index contributed by atoms with van der Waals surface area (Å²) in [5.74, 6) is 0. The predicted octanol–water partition coefficient (Wildman–Crippen LogP) is 1.69. The Labute approximate surface area is 91.6 Å². The number of nitrogens with two attached hydrogens (primary N) is 1. The zero-order valence-electron chi connectivity index (χ0n) is 9.71. The number of benzene rings is 1. The molecule has 0 bridgehead atoms. The van der Waals surface area contributed by atoms with E-state index in [4.69, 9.17) is 10.5 Å². The third-order valence-electron chi connectivity index (χ3n) is 2.48. The van der Waals surface area contributed by atoms with Crippen molar-refractivity contribution >= 4 is 5.69 Å². The molecule has 0 saturated carbocycles. The first-order chi connectivity index (χ1) is 7.19. The van der Waals surface area contributed by atoms with E-state index in [1.165, 1.54) is 16.8 Å². The fourth-order valence-electron chi connectivity index (χ4n) is 1.62. The van der Waals surface area contributed by atoms with E-state index in [1.54, 1.807) is 7.11 Å². The lowest BCUT2D eigenvalue weighted by Gasteiger charge is -2.20. The molecule has 1 unspecified atom stereocenters. The van der Waals surface area contributed by atoms with Gasteiger partial charge < -0.3 is 15.8 Å². The predicted molar refractivity (Wildman–Crippen MR) is 64.3 cm³/mol. The van der Waals surface area contributed by atoms with Crippen molar-refractivity contribution in [1.29, 1.82) is 0 Å². The zero-order valence-corrected chi connectivity index (χ0v) is 9.71. The molecule has 3 nitrogen and oxygen atoms in total. The molecular formula is C12H20N2O. The smallest absolute Gasteiger partial charge is 0.0676 e. The SMILES string of the molecule is COCC(CN)Nc1c(C)cccc1C. The molecule has 1 atom stereocenters. The maximum Gasteiger partial charge on any atom is 0.0676 e. The largest absolute Gasteiger partial charge is 0.383 e. The molecule has 84 valence electrons. The molecule has 0 aliphatic carbocycles. The number of hydrogen-bond donors (Lipinski definition) is 2. The number of methoxy groups -OCH3 is 1. The lowest BCUT2D eigenvalue weighted by atomic mass is 10.1. The summed E-state index contributed by atoms with van der Waals surface area (Å²) in [6, 6.07) is 6.42. The maximum absolute atomic E-state index is 5.66. The molecule has 3 N–H and O–H groups in total. The summed E-state index contributed by atoms with van der Waals surface area (Å²) in [5.41, 5.74) is 9.32. The van der Waals surface area contributed by atoms with Crippen molar-refractivity contribution in [3.05, 3.63) is 29.3 Å². The van der Waals surface area contributed by atoms with Gasteiger partial charge in [-0.3, -0.25) is 0 Å². The molecule has 0 amide bonds. The Hall–Kier alpha value is -1.06. The number of ether oxygens (including phenoxy) is 1. The van der Waals surface area contributed by atoms with Gasteiger partial charge in [0, 0.05) is 19.3 Å². The van der Waals surface area contributed by atoms with Crippen LogP contribution in [0.1, 0.15) is 11.1 Å². The Morgan fingerprint density at radius 1 is 1.33 bits per heavy atom. The molecule has 0 fully saturated rings. The molecular weight excluding hydrogens is 188 g/mol. The Kier molecular flexibility index (Phi) is 4.59. The molecule has 15 heavy (non-hydrogen) atoms. The summed E-state index contributed by atoms with van der Waals surface area (Å²) in [5, 5.41) is 3.42. The highest BCUT2D eigenvalue weighted by Crippen LogP contribution is 2.20. The summed E-state index contributed by atoms with van der Waals surface area (Å²) in [6.45, 7) is 5.39. The molecule has 0 aliphatic heterocycles. The van der Waals surface area contributed by atoms with Crippen LogP contribution in [0.2, 0.25) is 0 Å². The first-order valence-electron chi connectivity index (χ1n) is 5.20. The quantitative estimate of drug-likeness (QED) is 0.774. The van der Waals surface area contributed by atoms with Crippen molar-refractivity contribution < 1.29 is 4.74 Å². The zero-order chi connectivity index (χ0) is 11.3. The molecule has 0 aromatic heterocycles. The van der Waals surface area contributed by atoms with Crippen LogP contribution in [0.15, 0.2) is 18.2 Å². The highest BCUT2D eigenvalue weighted by Gasteiger charge is 2.08. The van der Waals surface area contributed by atoms with Gasteiger partial charge in [0.15, 0.2) is 0 Å². The van der Waals surface area contributed by atoms with Crippen LogP contribution in [0.4, 0.5) is 5.69 Å². The van der Waals surface area contributed by atoms with Crippen molar-refractivity contribution in [3.63, 3.8) is 0 Å². The van der Waals surface area contributed by atoms with Gasteiger partial charge in [-0.25, -0.2) is 0 Å². The fraction of sp³-hybridized carbons (Fsp3) is 0.500. The minimum Gasteiger partial charge on any atom is -0.383 e. The minimum atomic E-state index is 0.176. The Balaban J connectivity index is 2.78. The normalized spacial score (nSPS) is 12.5. The van der Waals surface area contributed by atoms with E-state index in [9.17, 15) is 0 Å². The lowest BCUT2D eigenvalue weighted by molar-refractivity contribution is 0.187. The highest BCUT2D eigenvalue weighted by atomic mass is 16.5. The molecule has 0 saturated heterocycles. The molecule has 0 spiro atoms. The molecule has 1 aromatic rings. The van der Waals surface area contributed by atoms with E-state index in [1.807, 2.05) is 0 Å². The Morgan fingerprint density at radius 2 is 1.93 bits per heavy atom. The fourth-order valence-corrected chi connectivity index (χ4v) is 1.62. The Bertz CT molecular complexity index is 292. The molecule has 3 heteroatoms. The molecule has 0 heterocycles. The first kappa shape index (κ1) is 12.0. The van der Waals surface area contributed by atoms with E-state index >= 15 is 0 Å². The first-order valence-corrected chi connectivity index (χ1v) is 5.20. The summed E-state index contributed by atoms with van der Waals surface area (Å²) < 4.78 is 5.10. The van der Waals surface area contributed by atoms with Crippen molar-refractivity contribution in [1.82, 2.24) is 0 Å². The van der Waals surface area contributed by atoms with Gasteiger partial charge >= 0.3 is 0 Å². The van der Waals surface area contributed by atoms with Crippen LogP contribution >= 0.6 is 0 Å². The van der Waals surface area contributed by atoms with Crippen molar-refractivity contribution in [2.24, 2.45) is 5.73 Å². The van der Waals surface area contributed by atoms with Gasteiger partial charge in [-0.15, -0.1) is 0 Å². The van der Waals surface area contributed by atoms with Crippen LogP contribution in [0.5, 0.6) is 0 Å². The van der Waals surface area contributed by atoms with E-state index in [0.29, 0.717) is 13.2 Å². The number of nitrogens with one attached hydrogen (secondary N) is 1. The van der Waals surface area contributed by atoms with Crippen LogP contribution < -0.4 is 11.1 Å². The van der Waals surface area contributed by atoms with E-state index in [0.717, 1.165) is 0 Å². The van der Waals surface area contributed by atoms with Crippen molar-refractivity contribution in [2.75, 3.05) is 25.6 Å². The number of hydrogen-bond acceptors (Lipinski definition) is 3. The average molecular weight is 208 g/mol. The van der Waals surface area contributed by atoms with Crippen LogP contribution in [-0.4, -0.2) is 26.3 Å². The number of anilines is 1. The standard InChI is InChI=1S/C12H20N2O/c1-9-5-4-6-10(2)12(9)14-11(7-13)8-15-3/h4-6,11,14H,7-8,13H2,1-3H3. The van der Waals surface area contributed by atoms with Crippen molar-refractivity contribution in [3.8, 4) is 0 Å². The maximum atomic E-state index is 5.66. The lowest BCUT2D eigenvalue weighted by Crippen LogP contribution is -2.33. The van der Waals surface area contributed by atoms with E-state index < -0.39 is 0 Å². The second-order valence-electron chi connectivity index (χ2n) is 3.80. The van der Waals surface area contributed by atoms with Gasteiger partial charge in [-0.2, -0.15) is 0 Å². The second-order valence-corrected chi connectivity index (χ2v) is 3.80. The Morgan fingerprint density at radius 3 is 2.40 bits per heavy atom. The summed E-state index contributed by atoms with van der Waals surface area (Å²) in [4.78, 5) is 0. The van der Waals surface area contributed by atoms with Crippen LogP contribution in [0, 0.1) is 13.8 Å². The summed E-state index contributed by atoms with van der Waals surface area (Å²) in [7, 11) is 1.69. The number of aryl methyl sites for hydroxylation is 2. The van der Waals surface area contributed by atoms with Gasteiger partial charge in [0.2, 0.25) is 0 Å². The highest BCUT2D eigenvalue weighted by molar-refractivity contribution is 5.57. The molecule has 0 radical (unpaired) electrons. The van der Waals surface area contributed by atoms with Crippen LogP contribution in [-0.2, 0) is 4.74 Å². The minimum absolute atomic E-state index is 0.176. The average Bonchev–Trinajstić information content (AvgIpc) is 2.22. The van der Waals surface area contributed by atoms with Crippen molar-refractivity contribution in [2.45, 2.75) is 19.9 Å². The number of rotatable bonds is 5. The molecule has 0 aliphatic rings. The van der Waals surface area contributed by atoms with Gasteiger partial charge in [0.25, 0.3) is 0 Å². The third kappa shape index (κ3) is 3.22. The van der Waals surface area contributed by atoms with Crippen LogP contribution in [0.25, 0.3) is 0 Å². The number of para-hydroxylation sites is 1.